The average Bonchev–Trinajstić information content (AvgIpc) is 3.37. The Morgan fingerprint density at radius 3 is 2.50 bits per heavy atom. The third-order valence-corrected chi connectivity index (χ3v) is 7.03. The van der Waals surface area contributed by atoms with Crippen molar-refractivity contribution in [3.63, 3.8) is 0 Å². The van der Waals surface area contributed by atoms with Crippen LogP contribution in [-0.2, 0) is 29.8 Å². The monoisotopic (exact) mass is 608 g/mol. The number of nitrogens with one attached hydrogen (secondary N) is 3. The summed E-state index contributed by atoms with van der Waals surface area (Å²) in [6.45, 7) is 4.00. The summed E-state index contributed by atoms with van der Waals surface area (Å²) in [4.78, 5) is 54.9. The Morgan fingerprint density at radius 1 is 1.14 bits per heavy atom. The number of hydrogen-bond acceptors (Lipinski definition) is 7. The zero-order valence-electron chi connectivity index (χ0n) is 23.4. The maximum Gasteiger partial charge on any atom is 0.408 e. The highest BCUT2D eigenvalue weighted by Crippen LogP contribution is 2.43. The van der Waals surface area contributed by atoms with Gasteiger partial charge in [-0.1, -0.05) is 43.5 Å². The van der Waals surface area contributed by atoms with Crippen molar-refractivity contribution < 1.29 is 37.4 Å². The van der Waals surface area contributed by atoms with Gasteiger partial charge in [0.15, 0.2) is 6.10 Å². The molecule has 1 aliphatic rings. The average molecular weight is 609 g/mol. The van der Waals surface area contributed by atoms with E-state index in [1.807, 2.05) is 6.92 Å². The first kappa shape index (κ1) is 32.7. The predicted octanol–water partition coefficient (Wildman–Crippen LogP) is 4.43. The van der Waals surface area contributed by atoms with Crippen molar-refractivity contribution in [2.75, 3.05) is 13.2 Å². The minimum atomic E-state index is -3.71. The van der Waals surface area contributed by atoms with Crippen LogP contribution in [0.2, 0.25) is 5.02 Å². The Labute approximate surface area is 247 Å². The molecule has 0 spiro atoms. The van der Waals surface area contributed by atoms with E-state index in [-0.39, 0.29) is 35.9 Å². The minimum Gasteiger partial charge on any atom is -0.464 e. The van der Waals surface area contributed by atoms with Crippen LogP contribution in [0.3, 0.4) is 0 Å². The predicted molar refractivity (Wildman–Crippen MR) is 150 cm³/mol. The summed E-state index contributed by atoms with van der Waals surface area (Å²) < 4.78 is 41.9. The summed E-state index contributed by atoms with van der Waals surface area (Å²) in [7, 11) is 0. The van der Waals surface area contributed by atoms with Crippen molar-refractivity contribution in [1.29, 1.82) is 0 Å². The van der Waals surface area contributed by atoms with Crippen LogP contribution in [0.15, 0.2) is 48.8 Å². The van der Waals surface area contributed by atoms with Crippen LogP contribution in [0.1, 0.15) is 63.2 Å². The highest BCUT2D eigenvalue weighted by Gasteiger charge is 2.46. The number of carbonyl (C=O) groups excluding carboxylic acids is 4. The van der Waals surface area contributed by atoms with Crippen molar-refractivity contribution in [2.24, 2.45) is 5.92 Å². The van der Waals surface area contributed by atoms with E-state index in [2.05, 4.69) is 20.9 Å². The SMILES string of the molecule is CCCC[C@H](NC(=O)OC(c1ccncc1)C(F)(F)c1cccc(Cl)c1)C(=O)N[C@@H](C[C@@H]1CCNC1=O)C(=O)OCC. The molecule has 0 radical (unpaired) electrons. The first-order valence-electron chi connectivity index (χ1n) is 13.8. The van der Waals surface area contributed by atoms with Gasteiger partial charge in [-0.15, -0.1) is 0 Å². The zero-order chi connectivity index (χ0) is 30.7. The molecular weight excluding hydrogens is 574 g/mol. The molecule has 13 heteroatoms. The Morgan fingerprint density at radius 2 is 1.88 bits per heavy atom. The number of pyridine rings is 1. The van der Waals surface area contributed by atoms with Gasteiger partial charge in [0.05, 0.1) is 6.61 Å². The second kappa shape index (κ2) is 15.4. The minimum absolute atomic E-state index is 0.0112. The molecule has 1 aromatic heterocycles. The van der Waals surface area contributed by atoms with Crippen LogP contribution >= 0.6 is 11.6 Å². The van der Waals surface area contributed by atoms with Gasteiger partial charge in [-0.05, 0) is 50.5 Å². The molecule has 1 fully saturated rings. The maximum atomic E-state index is 15.8. The number of nitrogens with zero attached hydrogens (tertiary/aromatic N) is 1. The van der Waals surface area contributed by atoms with Crippen LogP contribution in [0, 0.1) is 5.92 Å². The summed E-state index contributed by atoms with van der Waals surface area (Å²) in [6, 6.07) is 5.26. The molecule has 1 aromatic carbocycles. The number of alkyl carbamates (subject to hydrolysis) is 1. The molecule has 0 saturated carbocycles. The van der Waals surface area contributed by atoms with E-state index in [0.717, 1.165) is 6.07 Å². The van der Waals surface area contributed by atoms with Gasteiger partial charge in [-0.25, -0.2) is 9.59 Å². The number of halogens is 3. The number of unbranched alkanes of at least 4 members (excludes halogenated alkanes) is 1. The molecule has 1 unspecified atom stereocenters. The fourth-order valence-corrected chi connectivity index (χ4v) is 4.77. The molecule has 2 heterocycles. The highest BCUT2D eigenvalue weighted by atomic mass is 35.5. The quantitative estimate of drug-likeness (QED) is 0.270. The molecule has 0 aliphatic carbocycles. The van der Waals surface area contributed by atoms with Gasteiger partial charge in [0.25, 0.3) is 0 Å². The standard InChI is InChI=1S/C29H35ClF2N4O6/c1-3-5-9-22(26(38)35-23(27(39)41-4-2)16-19-12-15-34-25(19)37)36-28(40)42-24(18-10-13-33-14-11-18)29(31,32)20-7-6-8-21(30)17-20/h6-8,10-11,13-14,17,19,22-24H,3-5,9,12,15-16H2,1-2H3,(H,34,37)(H,35,38)(H,36,40)/t19-,22-,23-,24?/m0/s1. The van der Waals surface area contributed by atoms with Crippen LogP contribution in [0.5, 0.6) is 0 Å². The largest absolute Gasteiger partial charge is 0.464 e. The van der Waals surface area contributed by atoms with E-state index in [4.69, 9.17) is 21.1 Å². The molecule has 4 atom stereocenters. The lowest BCUT2D eigenvalue weighted by Gasteiger charge is -2.29. The molecule has 3 rings (SSSR count). The first-order chi connectivity index (χ1) is 20.1. The molecule has 3 N–H and O–H groups in total. The lowest BCUT2D eigenvalue weighted by Crippen LogP contribution is -2.53. The number of hydrogen-bond donors (Lipinski definition) is 3. The van der Waals surface area contributed by atoms with Gasteiger partial charge < -0.3 is 25.4 Å². The van der Waals surface area contributed by atoms with E-state index >= 15 is 8.78 Å². The summed E-state index contributed by atoms with van der Waals surface area (Å²) in [5, 5.41) is 7.72. The molecule has 1 saturated heterocycles. The van der Waals surface area contributed by atoms with Gasteiger partial charge in [0, 0.05) is 41.0 Å². The van der Waals surface area contributed by atoms with Gasteiger partial charge in [-0.2, -0.15) is 8.78 Å². The Hall–Kier alpha value is -3.80. The highest BCUT2D eigenvalue weighted by molar-refractivity contribution is 6.30. The topological polar surface area (TPSA) is 136 Å². The van der Waals surface area contributed by atoms with E-state index in [0.29, 0.717) is 25.8 Å². The fourth-order valence-electron chi connectivity index (χ4n) is 4.58. The Kier molecular flexibility index (Phi) is 12.0. The first-order valence-corrected chi connectivity index (χ1v) is 14.2. The van der Waals surface area contributed by atoms with E-state index in [9.17, 15) is 19.2 Å². The van der Waals surface area contributed by atoms with Gasteiger partial charge >= 0.3 is 18.0 Å². The molecule has 1 aliphatic heterocycles. The van der Waals surface area contributed by atoms with Gasteiger partial charge in [0.2, 0.25) is 11.8 Å². The second-order valence-electron chi connectivity index (χ2n) is 9.86. The number of alkyl halides is 2. The zero-order valence-corrected chi connectivity index (χ0v) is 24.2. The van der Waals surface area contributed by atoms with Crippen molar-refractivity contribution in [2.45, 2.75) is 70.1 Å². The second-order valence-corrected chi connectivity index (χ2v) is 10.3. The number of benzene rings is 1. The third-order valence-electron chi connectivity index (χ3n) is 6.80. The third kappa shape index (κ3) is 8.85. The van der Waals surface area contributed by atoms with E-state index in [1.54, 1.807) is 6.92 Å². The molecule has 2 aromatic rings. The van der Waals surface area contributed by atoms with E-state index in [1.165, 1.54) is 42.7 Å². The van der Waals surface area contributed by atoms with E-state index < -0.39 is 53.6 Å². The van der Waals surface area contributed by atoms with Gasteiger partial charge in [0.1, 0.15) is 12.1 Å². The molecular formula is C29H35ClF2N4O6. The number of ether oxygens (including phenoxy) is 2. The number of rotatable bonds is 14. The smallest absolute Gasteiger partial charge is 0.408 e. The lowest BCUT2D eigenvalue weighted by atomic mass is 9.97. The number of esters is 1. The summed E-state index contributed by atoms with van der Waals surface area (Å²) in [6.07, 6.45) is 1.03. The van der Waals surface area contributed by atoms with Crippen molar-refractivity contribution in [3.8, 4) is 0 Å². The summed E-state index contributed by atoms with van der Waals surface area (Å²) in [5.74, 6) is -5.89. The Bertz CT molecular complexity index is 1240. The fraction of sp³-hybridized carbons (Fsp3) is 0.483. The van der Waals surface area contributed by atoms with Crippen molar-refractivity contribution >= 4 is 35.5 Å². The van der Waals surface area contributed by atoms with Crippen molar-refractivity contribution in [1.82, 2.24) is 20.9 Å². The van der Waals surface area contributed by atoms with Crippen LogP contribution < -0.4 is 16.0 Å². The summed E-state index contributed by atoms with van der Waals surface area (Å²) in [5.41, 5.74) is -0.505. The number of aromatic nitrogens is 1. The molecule has 10 nitrogen and oxygen atoms in total. The maximum absolute atomic E-state index is 15.8. The molecule has 42 heavy (non-hydrogen) atoms. The van der Waals surface area contributed by atoms with Crippen LogP contribution in [0.25, 0.3) is 0 Å². The number of amides is 3. The van der Waals surface area contributed by atoms with Crippen molar-refractivity contribution in [3.05, 3.63) is 64.9 Å². The molecule has 0 bridgehead atoms. The van der Waals surface area contributed by atoms with Gasteiger partial charge in [-0.3, -0.25) is 14.6 Å². The van der Waals surface area contributed by atoms with Crippen LogP contribution in [-0.4, -0.2) is 54.1 Å². The number of carbonyl (C=O) groups is 4. The normalized spacial score (nSPS) is 17.0. The molecule has 3 amide bonds. The molecule has 228 valence electrons. The lowest BCUT2D eigenvalue weighted by molar-refractivity contribution is -0.148. The van der Waals surface area contributed by atoms with Crippen LogP contribution in [0.4, 0.5) is 13.6 Å². The Balaban J connectivity index is 1.80. The summed E-state index contributed by atoms with van der Waals surface area (Å²) >= 11 is 5.94.